The van der Waals surface area contributed by atoms with Crippen molar-refractivity contribution >= 4 is 49.2 Å². The molecule has 3 aromatic heterocycles. The number of ether oxygens (including phenoxy) is 1. The van der Waals surface area contributed by atoms with Gasteiger partial charge in [-0.3, -0.25) is 4.21 Å². The molecule has 0 aliphatic carbocycles. The molecule has 1 unspecified atom stereocenters. The van der Waals surface area contributed by atoms with Crippen molar-refractivity contribution in [1.29, 1.82) is 0 Å². The Labute approximate surface area is 158 Å². The lowest BCUT2D eigenvalue weighted by atomic mass is 10.3. The van der Waals surface area contributed by atoms with E-state index in [9.17, 15) is 4.21 Å². The van der Waals surface area contributed by atoms with Crippen molar-refractivity contribution in [3.8, 4) is 5.75 Å². The number of imidazole rings is 2. The van der Waals surface area contributed by atoms with Crippen LogP contribution in [0, 0.1) is 0 Å². The number of anilines is 1. The Morgan fingerprint density at radius 1 is 1.38 bits per heavy atom. The summed E-state index contributed by atoms with van der Waals surface area (Å²) in [6.07, 6.45) is 3.14. The van der Waals surface area contributed by atoms with Gasteiger partial charge in [0.05, 0.1) is 36.2 Å². The number of nitrogens with one attached hydrogen (secondary N) is 2. The molecule has 1 aromatic carbocycles. The molecule has 1 atom stereocenters. The summed E-state index contributed by atoms with van der Waals surface area (Å²) >= 11 is 3.37. The van der Waals surface area contributed by atoms with Gasteiger partial charge in [0.25, 0.3) is 0 Å². The zero-order valence-electron chi connectivity index (χ0n) is 13.9. The molecule has 134 valence electrons. The Morgan fingerprint density at radius 2 is 2.23 bits per heavy atom. The van der Waals surface area contributed by atoms with Crippen molar-refractivity contribution in [3.05, 3.63) is 34.8 Å². The number of hydrogen-bond acceptors (Lipinski definition) is 7. The maximum Gasteiger partial charge on any atom is 0.239 e. The zero-order chi connectivity index (χ0) is 18.3. The Bertz CT molecular complexity index is 1140. The van der Waals surface area contributed by atoms with Crippen molar-refractivity contribution in [2.45, 2.75) is 11.7 Å². The van der Waals surface area contributed by atoms with Crippen LogP contribution in [0.5, 0.6) is 5.75 Å². The highest BCUT2D eigenvalue weighted by atomic mass is 79.9. The molecule has 4 aromatic rings. The first-order chi connectivity index (χ1) is 12.6. The minimum Gasteiger partial charge on any atom is -0.494 e. The van der Waals surface area contributed by atoms with Gasteiger partial charge in [0.2, 0.25) is 5.16 Å². The lowest BCUT2D eigenvalue weighted by Gasteiger charge is -2.07. The monoisotopic (exact) mass is 435 g/mol. The first kappa shape index (κ1) is 16.9. The summed E-state index contributed by atoms with van der Waals surface area (Å²) in [6, 6.07) is 5.69. The molecule has 26 heavy (non-hydrogen) atoms. The highest BCUT2D eigenvalue weighted by molar-refractivity contribution is 9.10. The molecule has 0 saturated carbocycles. The first-order valence-electron chi connectivity index (χ1n) is 7.57. The van der Waals surface area contributed by atoms with Crippen molar-refractivity contribution in [2.24, 2.45) is 0 Å². The highest BCUT2D eigenvalue weighted by Crippen LogP contribution is 2.24. The summed E-state index contributed by atoms with van der Waals surface area (Å²) in [6.45, 7) is 0.380. The van der Waals surface area contributed by atoms with E-state index in [1.807, 2.05) is 18.2 Å². The Morgan fingerprint density at radius 3 is 3.00 bits per heavy atom. The van der Waals surface area contributed by atoms with Gasteiger partial charge < -0.3 is 15.0 Å². The second kappa shape index (κ2) is 6.65. The number of hydrogen-bond donors (Lipinski definition) is 2. The fourth-order valence-electron chi connectivity index (χ4n) is 2.55. The number of aromatic nitrogens is 6. The van der Waals surface area contributed by atoms with Crippen LogP contribution in [0.2, 0.25) is 0 Å². The van der Waals surface area contributed by atoms with E-state index in [1.54, 1.807) is 17.8 Å². The molecule has 9 nitrogen and oxygen atoms in total. The number of nitrogens with zero attached hydrogens (tertiary/aromatic N) is 5. The zero-order valence-corrected chi connectivity index (χ0v) is 16.3. The smallest absolute Gasteiger partial charge is 0.239 e. The first-order valence-corrected chi connectivity index (χ1v) is 9.92. The topological polar surface area (TPSA) is 110 Å². The minimum atomic E-state index is -1.32. The van der Waals surface area contributed by atoms with Crippen molar-refractivity contribution in [3.63, 3.8) is 0 Å². The van der Waals surface area contributed by atoms with E-state index < -0.39 is 10.8 Å². The molecule has 0 amide bonds. The number of benzene rings is 1. The maximum atomic E-state index is 11.8. The van der Waals surface area contributed by atoms with Crippen molar-refractivity contribution in [1.82, 2.24) is 29.5 Å². The standard InChI is InChI=1S/C15H14BrN7O2S/c1-25-9-5-3-4-8-12(9)20-11(19-8)7-17-13-14-18-6-10(16)23(14)22-15(21-13)26(2)24/h3-6H,7H2,1-2H3,(H,19,20)(H,17,21,22). The average molecular weight is 436 g/mol. The van der Waals surface area contributed by atoms with Crippen LogP contribution in [0.4, 0.5) is 5.82 Å². The van der Waals surface area contributed by atoms with E-state index in [2.05, 4.69) is 46.3 Å². The third kappa shape index (κ3) is 2.92. The van der Waals surface area contributed by atoms with E-state index >= 15 is 0 Å². The number of para-hydroxylation sites is 1. The van der Waals surface area contributed by atoms with Crippen molar-refractivity contribution in [2.75, 3.05) is 18.7 Å². The molecule has 0 fully saturated rings. The fraction of sp³-hybridized carbons (Fsp3) is 0.200. The molecule has 0 aliphatic heterocycles. The van der Waals surface area contributed by atoms with Gasteiger partial charge >= 0.3 is 0 Å². The molecule has 3 heterocycles. The lowest BCUT2D eigenvalue weighted by molar-refractivity contribution is 0.419. The molecular formula is C15H14BrN7O2S. The van der Waals surface area contributed by atoms with Gasteiger partial charge in [0.15, 0.2) is 11.5 Å². The van der Waals surface area contributed by atoms with E-state index in [0.29, 0.717) is 34.2 Å². The van der Waals surface area contributed by atoms with Gasteiger partial charge in [-0.05, 0) is 28.1 Å². The Kier molecular flexibility index (Phi) is 4.32. The minimum absolute atomic E-state index is 0.213. The molecule has 0 saturated heterocycles. The molecule has 0 spiro atoms. The molecule has 0 bridgehead atoms. The number of aromatic amines is 1. The van der Waals surface area contributed by atoms with Crippen LogP contribution in [-0.2, 0) is 17.3 Å². The van der Waals surface area contributed by atoms with Crippen LogP contribution in [-0.4, -0.2) is 47.1 Å². The molecule has 4 rings (SSSR count). The van der Waals surface area contributed by atoms with Gasteiger partial charge in [0, 0.05) is 6.26 Å². The van der Waals surface area contributed by atoms with Crippen LogP contribution in [0.1, 0.15) is 5.82 Å². The van der Waals surface area contributed by atoms with E-state index in [1.165, 1.54) is 6.26 Å². The summed E-state index contributed by atoms with van der Waals surface area (Å²) in [4.78, 5) is 16.4. The Hall–Kier alpha value is -2.53. The fourth-order valence-corrected chi connectivity index (χ4v) is 3.31. The normalized spacial score (nSPS) is 12.6. The van der Waals surface area contributed by atoms with E-state index in [-0.39, 0.29) is 5.16 Å². The predicted octanol–water partition coefficient (Wildman–Crippen LogP) is 2.12. The van der Waals surface area contributed by atoms with Gasteiger partial charge in [-0.25, -0.2) is 14.5 Å². The van der Waals surface area contributed by atoms with Crippen LogP contribution in [0.15, 0.2) is 34.2 Å². The third-order valence-electron chi connectivity index (χ3n) is 3.73. The highest BCUT2D eigenvalue weighted by Gasteiger charge is 2.15. The van der Waals surface area contributed by atoms with Crippen molar-refractivity contribution < 1.29 is 8.95 Å². The largest absolute Gasteiger partial charge is 0.494 e. The number of methoxy groups -OCH3 is 1. The van der Waals surface area contributed by atoms with Crippen LogP contribution < -0.4 is 10.1 Å². The van der Waals surface area contributed by atoms with Crippen LogP contribution >= 0.6 is 15.9 Å². The molecule has 0 aliphatic rings. The summed E-state index contributed by atoms with van der Waals surface area (Å²) in [7, 11) is 0.289. The lowest BCUT2D eigenvalue weighted by Crippen LogP contribution is -2.10. The summed E-state index contributed by atoms with van der Waals surface area (Å²) in [5.74, 6) is 1.89. The maximum absolute atomic E-state index is 11.8. The van der Waals surface area contributed by atoms with E-state index in [0.717, 1.165) is 11.0 Å². The Balaban J connectivity index is 1.68. The van der Waals surface area contributed by atoms with E-state index in [4.69, 9.17) is 4.74 Å². The second-order valence-corrected chi connectivity index (χ2v) is 7.49. The SMILES string of the molecule is COc1cccc2[nH]c(CNc3nc(S(C)=O)nn4c(Br)cnc34)nc12. The quantitative estimate of drug-likeness (QED) is 0.493. The molecule has 11 heteroatoms. The summed E-state index contributed by atoms with van der Waals surface area (Å²) < 4.78 is 19.3. The van der Waals surface area contributed by atoms with Crippen LogP contribution in [0.25, 0.3) is 16.7 Å². The van der Waals surface area contributed by atoms with Gasteiger partial charge in [-0.2, -0.15) is 4.98 Å². The third-order valence-corrected chi connectivity index (χ3v) is 4.95. The molecule has 0 radical (unpaired) electrons. The number of rotatable bonds is 5. The molecular weight excluding hydrogens is 422 g/mol. The number of H-pyrrole nitrogens is 1. The molecule has 2 N–H and O–H groups in total. The van der Waals surface area contributed by atoms with Gasteiger partial charge in [-0.1, -0.05) is 6.07 Å². The average Bonchev–Trinajstić information content (AvgIpc) is 3.22. The van der Waals surface area contributed by atoms with Gasteiger partial charge in [-0.15, -0.1) is 5.10 Å². The number of halogens is 1. The van der Waals surface area contributed by atoms with Crippen LogP contribution in [0.3, 0.4) is 0 Å². The second-order valence-electron chi connectivity index (χ2n) is 5.41. The van der Waals surface area contributed by atoms with Gasteiger partial charge in [0.1, 0.15) is 21.7 Å². The number of fused-ring (bicyclic) bond motifs is 2. The summed E-state index contributed by atoms with van der Waals surface area (Å²) in [5, 5.41) is 7.62. The predicted molar refractivity (Wildman–Crippen MR) is 101 cm³/mol. The summed E-state index contributed by atoms with van der Waals surface area (Å²) in [5.41, 5.74) is 2.17.